The van der Waals surface area contributed by atoms with Gasteiger partial charge in [-0.1, -0.05) is 69.9 Å². The van der Waals surface area contributed by atoms with Crippen molar-refractivity contribution in [3.8, 4) is 23.7 Å². The first-order valence-corrected chi connectivity index (χ1v) is 9.85. The fraction of sp³-hybridized carbons (Fsp3) is 0.280. The average Bonchev–Trinajstić information content (AvgIpc) is 2.80. The van der Waals surface area contributed by atoms with E-state index in [0.29, 0.717) is 13.1 Å². The van der Waals surface area contributed by atoms with Crippen LogP contribution in [0.1, 0.15) is 30.5 Å². The summed E-state index contributed by atoms with van der Waals surface area (Å²) < 4.78 is 0. The molecule has 0 heterocycles. The molecular formula is C25H30N4O2. The highest BCUT2D eigenvalue weighted by molar-refractivity contribution is 5.83. The first-order valence-electron chi connectivity index (χ1n) is 9.85. The van der Waals surface area contributed by atoms with Crippen molar-refractivity contribution in [1.29, 1.82) is 0 Å². The molecule has 0 aromatic heterocycles. The summed E-state index contributed by atoms with van der Waals surface area (Å²) in [4.78, 5) is 9.91. The number of benzene rings is 2. The van der Waals surface area contributed by atoms with Crippen LogP contribution in [-0.2, 0) is 9.68 Å². The second-order valence-electron chi connectivity index (χ2n) is 6.44. The van der Waals surface area contributed by atoms with E-state index in [0.717, 1.165) is 22.6 Å². The highest BCUT2D eigenvalue weighted by atomic mass is 16.6. The van der Waals surface area contributed by atoms with Crippen LogP contribution in [0.5, 0.6) is 0 Å². The molecule has 0 amide bonds. The molecule has 2 aromatic rings. The smallest absolute Gasteiger partial charge is 0.177 e. The summed E-state index contributed by atoms with van der Waals surface area (Å²) in [5, 5.41) is 7.54. The summed E-state index contributed by atoms with van der Waals surface area (Å²) >= 11 is 0. The van der Waals surface area contributed by atoms with Crippen molar-refractivity contribution in [1.82, 2.24) is 0 Å². The van der Waals surface area contributed by atoms with Gasteiger partial charge in [0.25, 0.3) is 0 Å². The number of oxime groups is 2. The lowest BCUT2D eigenvalue weighted by atomic mass is 10.2. The standard InChI is InChI=1S/C13H16N2O.C12H14N2O/c1-11-5-7-13(8-6-11)4-3-9-16-15-12(2)10-14;1-11(10-13)14-15-9-5-8-12-6-3-2-4-7-12/h5-8H,9-10,14H2,1-2H3;2-4,6-7H,9-10,13H2,1H3/b15-12+;14-11+. The Labute approximate surface area is 185 Å². The monoisotopic (exact) mass is 418 g/mol. The summed E-state index contributed by atoms with van der Waals surface area (Å²) in [7, 11) is 0. The maximum atomic E-state index is 5.35. The van der Waals surface area contributed by atoms with E-state index >= 15 is 0 Å². The minimum atomic E-state index is 0.283. The number of nitrogens with two attached hydrogens (primary N) is 2. The van der Waals surface area contributed by atoms with E-state index in [9.17, 15) is 0 Å². The first kappa shape index (κ1) is 25.5. The fourth-order valence-corrected chi connectivity index (χ4v) is 1.86. The normalized spacial score (nSPS) is 10.5. The van der Waals surface area contributed by atoms with Gasteiger partial charge in [-0.2, -0.15) is 0 Å². The maximum absolute atomic E-state index is 5.35. The lowest BCUT2D eigenvalue weighted by Gasteiger charge is -1.94. The Balaban J connectivity index is 0.000000311. The molecule has 0 aliphatic rings. The van der Waals surface area contributed by atoms with Crippen molar-refractivity contribution < 1.29 is 9.68 Å². The van der Waals surface area contributed by atoms with E-state index in [1.54, 1.807) is 0 Å². The predicted molar refractivity (Wildman–Crippen MR) is 128 cm³/mol. The van der Waals surface area contributed by atoms with Gasteiger partial charge in [0.15, 0.2) is 13.2 Å². The van der Waals surface area contributed by atoms with Crippen LogP contribution in [0.3, 0.4) is 0 Å². The molecule has 2 rings (SSSR count). The molecule has 0 saturated heterocycles. The quantitative estimate of drug-likeness (QED) is 0.326. The molecule has 0 fully saturated rings. The molecule has 2 aromatic carbocycles. The van der Waals surface area contributed by atoms with Crippen molar-refractivity contribution >= 4 is 11.4 Å². The molecule has 4 N–H and O–H groups in total. The number of aryl methyl sites for hydroxylation is 1. The lowest BCUT2D eigenvalue weighted by molar-refractivity contribution is 0.179. The third-order valence-electron chi connectivity index (χ3n) is 3.60. The van der Waals surface area contributed by atoms with Gasteiger partial charge in [-0.05, 0) is 45.0 Å². The molecule has 0 spiro atoms. The van der Waals surface area contributed by atoms with E-state index < -0.39 is 0 Å². The zero-order valence-electron chi connectivity index (χ0n) is 18.4. The Morgan fingerprint density at radius 2 is 1.19 bits per heavy atom. The molecule has 0 bridgehead atoms. The number of hydrogen-bond acceptors (Lipinski definition) is 6. The Bertz CT molecular complexity index is 944. The van der Waals surface area contributed by atoms with Gasteiger partial charge in [-0.3, -0.25) is 0 Å². The molecule has 0 saturated carbocycles. The molecule has 0 radical (unpaired) electrons. The van der Waals surface area contributed by atoms with Gasteiger partial charge in [-0.25, -0.2) is 0 Å². The van der Waals surface area contributed by atoms with E-state index in [4.69, 9.17) is 21.1 Å². The minimum Gasteiger partial charge on any atom is -0.383 e. The van der Waals surface area contributed by atoms with Crippen LogP contribution in [0.15, 0.2) is 64.9 Å². The van der Waals surface area contributed by atoms with Crippen molar-refractivity contribution in [3.63, 3.8) is 0 Å². The molecule has 0 aliphatic carbocycles. The summed E-state index contributed by atoms with van der Waals surface area (Å²) in [5.41, 5.74) is 15.4. The summed E-state index contributed by atoms with van der Waals surface area (Å²) in [6.45, 7) is 7.05. The van der Waals surface area contributed by atoms with Crippen LogP contribution >= 0.6 is 0 Å². The highest BCUT2D eigenvalue weighted by Crippen LogP contribution is 2.00. The van der Waals surface area contributed by atoms with Crippen LogP contribution in [-0.4, -0.2) is 37.7 Å². The number of nitrogens with zero attached hydrogens (tertiary/aromatic N) is 2. The second-order valence-corrected chi connectivity index (χ2v) is 6.44. The van der Waals surface area contributed by atoms with Crippen molar-refractivity contribution in [2.45, 2.75) is 20.8 Å². The maximum Gasteiger partial charge on any atom is 0.177 e. The van der Waals surface area contributed by atoms with Crippen LogP contribution in [0.25, 0.3) is 0 Å². The minimum absolute atomic E-state index is 0.283. The zero-order valence-corrected chi connectivity index (χ0v) is 18.4. The van der Waals surface area contributed by atoms with Gasteiger partial charge in [0, 0.05) is 24.2 Å². The van der Waals surface area contributed by atoms with Crippen molar-refractivity contribution in [2.75, 3.05) is 26.3 Å². The third-order valence-corrected chi connectivity index (χ3v) is 3.60. The van der Waals surface area contributed by atoms with Gasteiger partial charge in [0.2, 0.25) is 0 Å². The zero-order chi connectivity index (χ0) is 22.7. The van der Waals surface area contributed by atoms with Gasteiger partial charge in [0.1, 0.15) is 0 Å². The Kier molecular flexibility index (Phi) is 13.3. The Morgan fingerprint density at radius 1 is 0.742 bits per heavy atom. The number of rotatable bonds is 6. The van der Waals surface area contributed by atoms with Crippen LogP contribution in [0.4, 0.5) is 0 Å². The van der Waals surface area contributed by atoms with Crippen molar-refractivity contribution in [3.05, 3.63) is 71.3 Å². The molecule has 162 valence electrons. The summed E-state index contributed by atoms with van der Waals surface area (Å²) in [5.74, 6) is 11.7. The van der Waals surface area contributed by atoms with Crippen LogP contribution in [0.2, 0.25) is 0 Å². The van der Waals surface area contributed by atoms with E-state index in [2.05, 4.69) is 34.0 Å². The largest absolute Gasteiger partial charge is 0.383 e. The SMILES string of the molecule is C/C(CN)=N\OCC#Cc1ccc(C)cc1.C/C(CN)=N\OCC#Cc1ccccc1. The van der Waals surface area contributed by atoms with Gasteiger partial charge in [-0.15, -0.1) is 0 Å². The van der Waals surface area contributed by atoms with E-state index in [-0.39, 0.29) is 13.2 Å². The van der Waals surface area contributed by atoms with Gasteiger partial charge in [0.05, 0.1) is 11.4 Å². The van der Waals surface area contributed by atoms with E-state index in [1.165, 1.54) is 5.56 Å². The highest BCUT2D eigenvalue weighted by Gasteiger charge is 1.87. The molecular weight excluding hydrogens is 388 g/mol. The topological polar surface area (TPSA) is 95.2 Å². The van der Waals surface area contributed by atoms with E-state index in [1.807, 2.05) is 75.4 Å². The third kappa shape index (κ3) is 13.3. The first-order chi connectivity index (χ1) is 15.0. The van der Waals surface area contributed by atoms with Crippen molar-refractivity contribution in [2.24, 2.45) is 21.8 Å². The summed E-state index contributed by atoms with van der Waals surface area (Å²) in [6.07, 6.45) is 0. The molecule has 0 aliphatic heterocycles. The number of hydrogen-bond donors (Lipinski definition) is 2. The van der Waals surface area contributed by atoms with Crippen LogP contribution < -0.4 is 11.5 Å². The molecule has 6 nitrogen and oxygen atoms in total. The summed E-state index contributed by atoms with van der Waals surface area (Å²) in [6, 6.07) is 17.8. The Morgan fingerprint density at radius 3 is 1.65 bits per heavy atom. The second kappa shape index (κ2) is 16.2. The molecule has 0 unspecified atom stereocenters. The molecule has 6 heteroatoms. The Hall–Kier alpha value is -3.58. The lowest BCUT2D eigenvalue weighted by Crippen LogP contribution is -2.09. The van der Waals surface area contributed by atoms with Crippen LogP contribution in [0, 0.1) is 30.6 Å². The van der Waals surface area contributed by atoms with Gasteiger partial charge >= 0.3 is 0 Å². The fourth-order valence-electron chi connectivity index (χ4n) is 1.86. The molecule has 31 heavy (non-hydrogen) atoms. The van der Waals surface area contributed by atoms with Gasteiger partial charge < -0.3 is 21.1 Å². The molecule has 0 atom stereocenters. The predicted octanol–water partition coefficient (Wildman–Crippen LogP) is 3.09. The average molecular weight is 419 g/mol.